The molecule has 0 heterocycles. The van der Waals surface area contributed by atoms with Crippen LogP contribution >= 0.6 is 0 Å². The van der Waals surface area contributed by atoms with E-state index in [2.05, 4.69) is 6.92 Å². The lowest BCUT2D eigenvalue weighted by molar-refractivity contribution is -0.103. The average Bonchev–Trinajstić information content (AvgIpc) is 2.71. The molecule has 6 atom stereocenters. The molecule has 0 rings (SSSR count). The van der Waals surface area contributed by atoms with E-state index in [1.165, 1.54) is 0 Å². The Balaban J connectivity index is 3.74. The minimum atomic E-state index is -0.170. The van der Waals surface area contributed by atoms with Crippen molar-refractivity contribution in [3.8, 4) is 0 Å². The predicted octanol–water partition coefficient (Wildman–Crippen LogP) is 3.21. The summed E-state index contributed by atoms with van der Waals surface area (Å²) in [5.74, 6) is 0. The van der Waals surface area contributed by atoms with Crippen LogP contribution < -0.4 is 0 Å². The fraction of sp³-hybridized carbons (Fsp3) is 1.00. The van der Waals surface area contributed by atoms with Gasteiger partial charge in [0, 0.05) is 6.61 Å². The van der Waals surface area contributed by atoms with Gasteiger partial charge in [-0.25, -0.2) is 0 Å². The molecule has 0 saturated carbocycles. The second-order valence-corrected chi connectivity index (χ2v) is 7.94. The lowest BCUT2D eigenvalue weighted by Gasteiger charge is -2.22. The van der Waals surface area contributed by atoms with Gasteiger partial charge >= 0.3 is 0 Å². The quantitative estimate of drug-likeness (QED) is 0.302. The highest BCUT2D eigenvalue weighted by atomic mass is 16.6. The Bertz CT molecular complexity index is 356. The highest BCUT2D eigenvalue weighted by Crippen LogP contribution is 2.04. The molecule has 0 aliphatic carbocycles. The molecule has 176 valence electrons. The molecule has 7 nitrogen and oxygen atoms in total. The molecule has 0 aromatic heterocycles. The van der Waals surface area contributed by atoms with Gasteiger partial charge in [-0.3, -0.25) is 0 Å². The Kier molecular flexibility index (Phi) is 18.3. The van der Waals surface area contributed by atoms with Crippen molar-refractivity contribution in [1.29, 1.82) is 0 Å². The molecular weight excluding hydrogens is 376 g/mol. The normalized spacial score (nSPS) is 18.2. The Hall–Kier alpha value is -0.280. The minimum absolute atomic E-state index is 0.0117. The van der Waals surface area contributed by atoms with Crippen molar-refractivity contribution >= 4 is 0 Å². The summed E-state index contributed by atoms with van der Waals surface area (Å²) in [6.07, 6.45) is 2.06. The largest absolute Gasteiger partial charge is 0.394 e. The summed E-state index contributed by atoms with van der Waals surface area (Å²) in [5, 5.41) is 8.95. The number of rotatable bonds is 20. The highest BCUT2D eigenvalue weighted by Gasteiger charge is 2.13. The van der Waals surface area contributed by atoms with Crippen molar-refractivity contribution < 1.29 is 33.5 Å². The first-order valence-corrected chi connectivity index (χ1v) is 11.1. The van der Waals surface area contributed by atoms with E-state index < -0.39 is 0 Å². The second kappa shape index (κ2) is 18.5. The van der Waals surface area contributed by atoms with Gasteiger partial charge in [0.05, 0.1) is 76.3 Å². The molecule has 0 aromatic carbocycles. The molecule has 0 fully saturated rings. The molecular formula is C22H46O7. The van der Waals surface area contributed by atoms with Gasteiger partial charge in [0.25, 0.3) is 0 Å². The van der Waals surface area contributed by atoms with E-state index in [4.69, 9.17) is 33.5 Å². The zero-order chi connectivity index (χ0) is 22.1. The summed E-state index contributed by atoms with van der Waals surface area (Å²) in [7, 11) is 0. The molecule has 0 spiro atoms. The molecule has 0 radical (unpaired) electrons. The van der Waals surface area contributed by atoms with Crippen LogP contribution in [0.5, 0.6) is 0 Å². The van der Waals surface area contributed by atoms with E-state index in [1.54, 1.807) is 0 Å². The van der Waals surface area contributed by atoms with Crippen molar-refractivity contribution in [2.45, 2.75) is 97.9 Å². The molecule has 0 bridgehead atoms. The number of aliphatic hydroxyl groups excluding tert-OH is 1. The smallest absolute Gasteiger partial charge is 0.0781 e. The number of aliphatic hydroxyl groups is 1. The van der Waals surface area contributed by atoms with Gasteiger partial charge in [0.2, 0.25) is 0 Å². The van der Waals surface area contributed by atoms with Crippen LogP contribution in [-0.2, 0) is 28.4 Å². The summed E-state index contributed by atoms with van der Waals surface area (Å²) in [4.78, 5) is 0. The van der Waals surface area contributed by atoms with Gasteiger partial charge < -0.3 is 33.5 Å². The van der Waals surface area contributed by atoms with Crippen molar-refractivity contribution in [1.82, 2.24) is 0 Å². The molecule has 0 aliphatic rings. The summed E-state index contributed by atoms with van der Waals surface area (Å²) < 4.78 is 34.2. The maximum Gasteiger partial charge on any atom is 0.0781 e. The van der Waals surface area contributed by atoms with Crippen LogP contribution in [0.4, 0.5) is 0 Å². The third-order valence-electron chi connectivity index (χ3n) is 4.23. The Morgan fingerprint density at radius 1 is 0.517 bits per heavy atom. The summed E-state index contributed by atoms with van der Waals surface area (Å²) in [6.45, 7) is 17.3. The zero-order valence-electron chi connectivity index (χ0n) is 19.7. The molecule has 29 heavy (non-hydrogen) atoms. The third kappa shape index (κ3) is 18.2. The summed E-state index contributed by atoms with van der Waals surface area (Å²) in [6, 6.07) is 0. The van der Waals surface area contributed by atoms with Crippen LogP contribution in [0.1, 0.15) is 61.3 Å². The lowest BCUT2D eigenvalue weighted by Crippen LogP contribution is -2.29. The fourth-order valence-corrected chi connectivity index (χ4v) is 2.22. The van der Waals surface area contributed by atoms with Gasteiger partial charge in [-0.2, -0.15) is 0 Å². The van der Waals surface area contributed by atoms with Crippen molar-refractivity contribution in [3.05, 3.63) is 0 Å². The summed E-state index contributed by atoms with van der Waals surface area (Å²) in [5.41, 5.74) is 0. The van der Waals surface area contributed by atoms with Gasteiger partial charge in [-0.15, -0.1) is 0 Å². The van der Waals surface area contributed by atoms with Gasteiger partial charge in [-0.05, 0) is 48.0 Å². The molecule has 7 heteroatoms. The summed E-state index contributed by atoms with van der Waals surface area (Å²) >= 11 is 0. The van der Waals surface area contributed by atoms with Gasteiger partial charge in [-0.1, -0.05) is 13.3 Å². The second-order valence-electron chi connectivity index (χ2n) is 7.94. The molecule has 1 N–H and O–H groups in total. The van der Waals surface area contributed by atoms with E-state index >= 15 is 0 Å². The molecule has 0 aromatic rings. The standard InChI is InChI=1S/C22H46O7/c1-8-9-10-24-18(3)12-26-20(5)14-28-22(7)16-29-21(6)15-27-19(4)13-25-17(2)11-23/h17-23H,8-16H2,1-7H3. The van der Waals surface area contributed by atoms with E-state index in [-0.39, 0.29) is 43.2 Å². The highest BCUT2D eigenvalue weighted by molar-refractivity contribution is 4.58. The third-order valence-corrected chi connectivity index (χ3v) is 4.23. The monoisotopic (exact) mass is 422 g/mol. The Morgan fingerprint density at radius 2 is 0.828 bits per heavy atom. The topological polar surface area (TPSA) is 75.6 Å². The Labute approximate surface area is 178 Å². The predicted molar refractivity (Wildman–Crippen MR) is 114 cm³/mol. The maximum absolute atomic E-state index is 8.95. The van der Waals surface area contributed by atoms with Crippen LogP contribution in [0.25, 0.3) is 0 Å². The van der Waals surface area contributed by atoms with Crippen LogP contribution in [0.2, 0.25) is 0 Å². The fourth-order valence-electron chi connectivity index (χ4n) is 2.22. The van der Waals surface area contributed by atoms with Crippen LogP contribution in [0, 0.1) is 0 Å². The SMILES string of the molecule is CCCCOC(C)COC(C)COC(C)COC(C)COC(C)COC(C)CO. The molecule has 0 saturated heterocycles. The molecule has 0 aliphatic heterocycles. The van der Waals surface area contributed by atoms with Gasteiger partial charge in [0.1, 0.15) is 0 Å². The Morgan fingerprint density at radius 3 is 1.14 bits per heavy atom. The number of hydrogen-bond donors (Lipinski definition) is 1. The van der Waals surface area contributed by atoms with E-state index in [0.717, 1.165) is 19.4 Å². The van der Waals surface area contributed by atoms with E-state index in [9.17, 15) is 0 Å². The van der Waals surface area contributed by atoms with E-state index in [1.807, 2.05) is 41.5 Å². The minimum Gasteiger partial charge on any atom is -0.394 e. The van der Waals surface area contributed by atoms with Crippen molar-refractivity contribution in [2.75, 3.05) is 46.2 Å². The number of ether oxygens (including phenoxy) is 6. The van der Waals surface area contributed by atoms with Crippen LogP contribution in [0.3, 0.4) is 0 Å². The number of unbranched alkanes of at least 4 members (excludes halogenated alkanes) is 1. The number of hydrogen-bond acceptors (Lipinski definition) is 7. The van der Waals surface area contributed by atoms with Gasteiger partial charge in [0.15, 0.2) is 0 Å². The first-order chi connectivity index (χ1) is 13.8. The van der Waals surface area contributed by atoms with Crippen LogP contribution in [-0.4, -0.2) is 88.0 Å². The maximum atomic E-state index is 8.95. The van der Waals surface area contributed by atoms with E-state index in [0.29, 0.717) is 33.0 Å². The van der Waals surface area contributed by atoms with Crippen LogP contribution in [0.15, 0.2) is 0 Å². The van der Waals surface area contributed by atoms with Crippen molar-refractivity contribution in [3.63, 3.8) is 0 Å². The zero-order valence-corrected chi connectivity index (χ0v) is 19.7. The molecule has 6 unspecified atom stereocenters. The first-order valence-electron chi connectivity index (χ1n) is 11.1. The molecule has 0 amide bonds. The lowest BCUT2D eigenvalue weighted by atomic mass is 10.3. The average molecular weight is 423 g/mol. The first kappa shape index (κ1) is 28.7. The van der Waals surface area contributed by atoms with Crippen molar-refractivity contribution in [2.24, 2.45) is 0 Å².